The highest BCUT2D eigenvalue weighted by molar-refractivity contribution is 7.91. The number of aromatic nitrogens is 4. The Kier molecular flexibility index (Phi) is 5.07. The Hall–Kier alpha value is -3.93. The van der Waals surface area contributed by atoms with Gasteiger partial charge in [-0.3, -0.25) is 4.79 Å². The zero-order chi connectivity index (χ0) is 22.2. The Morgan fingerprint density at radius 1 is 0.968 bits per heavy atom. The molecule has 4 aromatic rings. The Labute approximate surface area is 173 Å². The normalized spacial score (nSPS) is 11.5. The maximum atomic E-state index is 13.3. The van der Waals surface area contributed by atoms with Gasteiger partial charge >= 0.3 is 5.69 Å². The summed E-state index contributed by atoms with van der Waals surface area (Å²) in [6.07, 6.45) is 0. The average molecular weight is 445 g/mol. The van der Waals surface area contributed by atoms with Crippen molar-refractivity contribution in [2.24, 2.45) is 0 Å². The molecule has 0 saturated heterocycles. The van der Waals surface area contributed by atoms with E-state index < -0.39 is 39.6 Å². The number of benzene rings is 2. The maximum Gasteiger partial charge on any atom is 0.367 e. The lowest BCUT2D eigenvalue weighted by atomic mass is 10.3. The minimum atomic E-state index is -3.96. The Morgan fingerprint density at radius 3 is 2.42 bits per heavy atom. The minimum Gasteiger partial charge on any atom is -0.324 e. The van der Waals surface area contributed by atoms with E-state index in [2.05, 4.69) is 15.5 Å². The van der Waals surface area contributed by atoms with Crippen molar-refractivity contribution in [3.8, 4) is 0 Å². The molecule has 9 nitrogen and oxygen atoms in total. The van der Waals surface area contributed by atoms with Gasteiger partial charge in [-0.05, 0) is 36.4 Å². The SMILES string of the molecule is O=C(Cn1nc2ccc(S(=O)(=O)c3ccccc3)nn2c1=O)Nc1ccc(F)c(F)c1. The Bertz CT molecular complexity index is 1470. The van der Waals surface area contributed by atoms with E-state index in [0.717, 1.165) is 27.4 Å². The van der Waals surface area contributed by atoms with E-state index in [-0.39, 0.29) is 21.3 Å². The van der Waals surface area contributed by atoms with Crippen molar-refractivity contribution < 1.29 is 22.0 Å². The van der Waals surface area contributed by atoms with Crippen LogP contribution < -0.4 is 11.0 Å². The maximum absolute atomic E-state index is 13.3. The molecule has 31 heavy (non-hydrogen) atoms. The molecular weight excluding hydrogens is 432 g/mol. The predicted molar refractivity (Wildman–Crippen MR) is 104 cm³/mol. The van der Waals surface area contributed by atoms with Crippen LogP contribution in [0.3, 0.4) is 0 Å². The molecule has 0 aliphatic carbocycles. The number of nitrogens with zero attached hydrogens (tertiary/aromatic N) is 4. The molecular formula is C19H13F2N5O4S. The number of fused-ring (bicyclic) bond motifs is 1. The molecule has 158 valence electrons. The summed E-state index contributed by atoms with van der Waals surface area (Å²) >= 11 is 0. The van der Waals surface area contributed by atoms with Crippen LogP contribution in [0.5, 0.6) is 0 Å². The van der Waals surface area contributed by atoms with Gasteiger partial charge in [-0.15, -0.1) is 10.2 Å². The van der Waals surface area contributed by atoms with Crippen LogP contribution in [0.15, 0.2) is 75.4 Å². The van der Waals surface area contributed by atoms with E-state index in [1.165, 1.54) is 24.3 Å². The molecule has 2 aromatic carbocycles. The van der Waals surface area contributed by atoms with Crippen LogP contribution in [0.1, 0.15) is 0 Å². The molecule has 0 spiro atoms. The third-order valence-electron chi connectivity index (χ3n) is 4.24. The first-order valence-electron chi connectivity index (χ1n) is 8.78. The van der Waals surface area contributed by atoms with Gasteiger partial charge in [0.15, 0.2) is 22.3 Å². The van der Waals surface area contributed by atoms with E-state index in [1.807, 2.05) is 0 Å². The molecule has 2 heterocycles. The summed E-state index contributed by atoms with van der Waals surface area (Å²) in [7, 11) is -3.96. The van der Waals surface area contributed by atoms with E-state index >= 15 is 0 Å². The summed E-state index contributed by atoms with van der Waals surface area (Å²) in [6, 6.07) is 12.9. The van der Waals surface area contributed by atoms with Crippen molar-refractivity contribution in [3.63, 3.8) is 0 Å². The third kappa shape index (κ3) is 3.92. The fourth-order valence-corrected chi connectivity index (χ4v) is 3.96. The zero-order valence-electron chi connectivity index (χ0n) is 15.6. The van der Waals surface area contributed by atoms with Crippen LogP contribution in [0, 0.1) is 11.6 Å². The summed E-state index contributed by atoms with van der Waals surface area (Å²) in [4.78, 5) is 24.7. The molecule has 0 saturated carbocycles. The number of rotatable bonds is 5. The molecule has 0 fully saturated rings. The highest BCUT2D eigenvalue weighted by Crippen LogP contribution is 2.18. The van der Waals surface area contributed by atoms with E-state index in [9.17, 15) is 26.8 Å². The summed E-state index contributed by atoms with van der Waals surface area (Å²) in [5, 5.41) is 9.76. The van der Waals surface area contributed by atoms with Crippen LogP contribution >= 0.6 is 0 Å². The van der Waals surface area contributed by atoms with Crippen LogP contribution in [0.4, 0.5) is 14.5 Å². The molecule has 4 rings (SSSR count). The Balaban J connectivity index is 1.62. The highest BCUT2D eigenvalue weighted by Gasteiger charge is 2.21. The number of amides is 1. The van der Waals surface area contributed by atoms with E-state index in [0.29, 0.717) is 0 Å². The van der Waals surface area contributed by atoms with Crippen LogP contribution in [0.25, 0.3) is 5.65 Å². The highest BCUT2D eigenvalue weighted by atomic mass is 32.2. The van der Waals surface area contributed by atoms with Gasteiger partial charge in [0.25, 0.3) is 0 Å². The largest absolute Gasteiger partial charge is 0.367 e. The number of anilines is 1. The second kappa shape index (κ2) is 7.72. The standard InChI is InChI=1S/C19H13F2N5O4S/c20-14-7-6-12(10-15(14)21)22-17(27)11-25-19(28)26-16(23-25)8-9-18(24-26)31(29,30)13-4-2-1-3-5-13/h1-10H,11H2,(H,22,27). The fourth-order valence-electron chi connectivity index (χ4n) is 2.77. The fraction of sp³-hybridized carbons (Fsp3) is 0.0526. The van der Waals surface area contributed by atoms with Crippen molar-refractivity contribution in [1.29, 1.82) is 0 Å². The Morgan fingerprint density at radius 2 is 1.71 bits per heavy atom. The number of carbonyl (C=O) groups excluding carboxylic acids is 1. The summed E-state index contributed by atoms with van der Waals surface area (Å²) in [6.45, 7) is -0.554. The molecule has 2 aromatic heterocycles. The first-order chi connectivity index (χ1) is 14.8. The van der Waals surface area contributed by atoms with Crippen LogP contribution in [0.2, 0.25) is 0 Å². The molecule has 12 heteroatoms. The monoisotopic (exact) mass is 445 g/mol. The first kappa shape index (κ1) is 20.3. The second-order valence-electron chi connectivity index (χ2n) is 6.38. The zero-order valence-corrected chi connectivity index (χ0v) is 16.4. The van der Waals surface area contributed by atoms with Crippen molar-refractivity contribution >= 4 is 27.1 Å². The quantitative estimate of drug-likeness (QED) is 0.499. The van der Waals surface area contributed by atoms with Gasteiger partial charge in [-0.1, -0.05) is 18.2 Å². The lowest BCUT2D eigenvalue weighted by Gasteiger charge is -2.05. The molecule has 0 atom stereocenters. The first-order valence-corrected chi connectivity index (χ1v) is 10.3. The van der Waals surface area contributed by atoms with Crippen molar-refractivity contribution in [1.82, 2.24) is 19.4 Å². The van der Waals surface area contributed by atoms with Crippen molar-refractivity contribution in [2.45, 2.75) is 16.5 Å². The second-order valence-corrected chi connectivity index (χ2v) is 8.27. The van der Waals surface area contributed by atoms with Gasteiger partial charge in [-0.2, -0.15) is 4.52 Å². The number of nitrogens with one attached hydrogen (secondary N) is 1. The van der Waals surface area contributed by atoms with Crippen molar-refractivity contribution in [3.05, 3.63) is 82.8 Å². The number of carbonyl (C=O) groups is 1. The predicted octanol–water partition coefficient (Wildman–Crippen LogP) is 1.64. The lowest BCUT2D eigenvalue weighted by molar-refractivity contribution is -0.117. The molecule has 1 amide bonds. The third-order valence-corrected chi connectivity index (χ3v) is 5.90. The molecule has 0 radical (unpaired) electrons. The topological polar surface area (TPSA) is 115 Å². The molecule has 0 unspecified atom stereocenters. The molecule has 1 N–H and O–H groups in total. The van der Waals surface area contributed by atoms with Gasteiger partial charge in [-0.25, -0.2) is 26.7 Å². The van der Waals surface area contributed by atoms with Crippen molar-refractivity contribution in [2.75, 3.05) is 5.32 Å². The lowest BCUT2D eigenvalue weighted by Crippen LogP contribution is -2.29. The van der Waals surface area contributed by atoms with E-state index in [4.69, 9.17) is 0 Å². The number of sulfone groups is 1. The molecule has 0 aliphatic heterocycles. The summed E-state index contributed by atoms with van der Waals surface area (Å²) in [5.41, 5.74) is -0.826. The number of hydrogen-bond donors (Lipinski definition) is 1. The van der Waals surface area contributed by atoms with Gasteiger partial charge in [0.05, 0.1) is 4.90 Å². The van der Waals surface area contributed by atoms with Gasteiger partial charge in [0.2, 0.25) is 15.7 Å². The van der Waals surface area contributed by atoms with Gasteiger partial charge in [0.1, 0.15) is 6.54 Å². The summed E-state index contributed by atoms with van der Waals surface area (Å²) in [5.74, 6) is -2.94. The van der Waals surface area contributed by atoms with Crippen LogP contribution in [-0.2, 0) is 21.2 Å². The number of halogens is 2. The minimum absolute atomic E-state index is 0.00456. The van der Waals surface area contributed by atoms with E-state index in [1.54, 1.807) is 18.2 Å². The van der Waals surface area contributed by atoms with Gasteiger partial charge in [0, 0.05) is 11.8 Å². The summed E-state index contributed by atoms with van der Waals surface area (Å²) < 4.78 is 53.2. The molecule has 0 aliphatic rings. The average Bonchev–Trinajstić information content (AvgIpc) is 3.06. The van der Waals surface area contributed by atoms with Gasteiger partial charge < -0.3 is 5.32 Å². The molecule has 0 bridgehead atoms. The number of hydrogen-bond acceptors (Lipinski definition) is 6. The smallest absolute Gasteiger partial charge is 0.324 e. The van der Waals surface area contributed by atoms with Crippen LogP contribution in [-0.4, -0.2) is 33.7 Å².